The molecule has 3 heterocycles. The molecule has 26 heavy (non-hydrogen) atoms. The van der Waals surface area contributed by atoms with Gasteiger partial charge in [-0.15, -0.1) is 0 Å². The van der Waals surface area contributed by atoms with E-state index < -0.39 is 0 Å². The van der Waals surface area contributed by atoms with E-state index in [1.807, 2.05) is 12.4 Å². The van der Waals surface area contributed by atoms with Gasteiger partial charge in [0.2, 0.25) is 5.91 Å². The molecule has 1 fully saturated rings. The van der Waals surface area contributed by atoms with Gasteiger partial charge in [0, 0.05) is 43.5 Å². The van der Waals surface area contributed by atoms with Crippen molar-refractivity contribution in [3.63, 3.8) is 0 Å². The topological polar surface area (TPSA) is 96.8 Å². The zero-order valence-electron chi connectivity index (χ0n) is 15.4. The highest BCUT2D eigenvalue weighted by Gasteiger charge is 2.28. The molecule has 1 aliphatic rings. The third-order valence-corrected chi connectivity index (χ3v) is 5.13. The minimum Gasteiger partial charge on any atom is -0.369 e. The van der Waals surface area contributed by atoms with Crippen molar-refractivity contribution in [1.29, 1.82) is 0 Å². The number of fused-ring (bicyclic) bond motifs is 1. The first-order valence-electron chi connectivity index (χ1n) is 9.16. The Morgan fingerprint density at radius 2 is 1.92 bits per heavy atom. The molecule has 140 valence electrons. The predicted molar refractivity (Wildman–Crippen MR) is 97.4 cm³/mol. The molecule has 0 aromatic carbocycles. The molecule has 0 unspecified atom stereocenters. The lowest BCUT2D eigenvalue weighted by atomic mass is 9.96. The van der Waals surface area contributed by atoms with Crippen LogP contribution in [-0.4, -0.2) is 62.4 Å². The Balaban J connectivity index is 1.74. The van der Waals surface area contributed by atoms with Crippen LogP contribution >= 0.6 is 0 Å². The van der Waals surface area contributed by atoms with Crippen molar-refractivity contribution < 1.29 is 9.59 Å². The molecular formula is C18H26N6O2. The summed E-state index contributed by atoms with van der Waals surface area (Å²) >= 11 is 0. The maximum absolute atomic E-state index is 12.8. The molecule has 2 amide bonds. The highest BCUT2D eigenvalue weighted by molar-refractivity contribution is 5.99. The van der Waals surface area contributed by atoms with Gasteiger partial charge in [-0.2, -0.15) is 5.10 Å². The van der Waals surface area contributed by atoms with Crippen LogP contribution in [0.1, 0.15) is 42.6 Å². The van der Waals surface area contributed by atoms with E-state index in [9.17, 15) is 9.59 Å². The molecular weight excluding hydrogens is 332 g/mol. The first-order valence-corrected chi connectivity index (χ1v) is 9.16. The second kappa shape index (κ2) is 7.82. The van der Waals surface area contributed by atoms with Gasteiger partial charge in [0.05, 0.1) is 6.20 Å². The first-order chi connectivity index (χ1) is 12.5. The molecule has 0 bridgehead atoms. The number of amides is 2. The molecule has 0 radical (unpaired) electrons. The summed E-state index contributed by atoms with van der Waals surface area (Å²) in [6, 6.07) is 0. The highest BCUT2D eigenvalue weighted by atomic mass is 16.2. The van der Waals surface area contributed by atoms with Crippen molar-refractivity contribution in [1.82, 2.24) is 24.4 Å². The number of piperidine rings is 1. The number of hydrogen-bond donors (Lipinski definition) is 1. The Bertz CT molecular complexity index is 790. The van der Waals surface area contributed by atoms with Crippen molar-refractivity contribution in [2.75, 3.05) is 26.2 Å². The molecule has 0 spiro atoms. The number of carbonyl (C=O) groups excluding carboxylic acids is 2. The molecule has 3 rings (SSSR count). The average molecular weight is 358 g/mol. The molecule has 0 aliphatic carbocycles. The largest absolute Gasteiger partial charge is 0.369 e. The number of primary amides is 1. The van der Waals surface area contributed by atoms with Crippen LogP contribution < -0.4 is 5.73 Å². The van der Waals surface area contributed by atoms with Gasteiger partial charge in [-0.3, -0.25) is 14.5 Å². The van der Waals surface area contributed by atoms with E-state index in [2.05, 4.69) is 28.8 Å². The summed E-state index contributed by atoms with van der Waals surface area (Å²) in [5, 5.41) is 4.31. The average Bonchev–Trinajstić information content (AvgIpc) is 3.08. The zero-order chi connectivity index (χ0) is 18.7. The third-order valence-electron chi connectivity index (χ3n) is 5.13. The number of nitrogens with two attached hydrogens (primary N) is 1. The van der Waals surface area contributed by atoms with E-state index in [1.54, 1.807) is 15.6 Å². The Hall–Kier alpha value is -2.48. The van der Waals surface area contributed by atoms with Crippen LogP contribution in [0.25, 0.3) is 5.65 Å². The molecule has 1 saturated heterocycles. The van der Waals surface area contributed by atoms with Gasteiger partial charge in [-0.1, -0.05) is 13.8 Å². The minimum atomic E-state index is -0.282. The summed E-state index contributed by atoms with van der Waals surface area (Å²) in [4.78, 5) is 32.6. The summed E-state index contributed by atoms with van der Waals surface area (Å²) in [7, 11) is 0. The molecule has 2 aromatic heterocycles. The number of aromatic nitrogens is 3. The second-order valence-electron chi connectivity index (χ2n) is 6.72. The third kappa shape index (κ3) is 3.70. The zero-order valence-corrected chi connectivity index (χ0v) is 15.4. The molecule has 0 saturated carbocycles. The van der Waals surface area contributed by atoms with Gasteiger partial charge in [0.1, 0.15) is 5.56 Å². The minimum absolute atomic E-state index is 0.0908. The molecule has 2 aromatic rings. The molecule has 2 N–H and O–H groups in total. The van der Waals surface area contributed by atoms with E-state index in [0.717, 1.165) is 25.2 Å². The van der Waals surface area contributed by atoms with Gasteiger partial charge in [-0.25, -0.2) is 9.50 Å². The monoisotopic (exact) mass is 358 g/mol. The Kier molecular flexibility index (Phi) is 5.51. The van der Waals surface area contributed by atoms with Crippen LogP contribution in [0.5, 0.6) is 0 Å². The van der Waals surface area contributed by atoms with Crippen molar-refractivity contribution in [3.8, 4) is 0 Å². The van der Waals surface area contributed by atoms with Gasteiger partial charge >= 0.3 is 0 Å². The van der Waals surface area contributed by atoms with Crippen molar-refractivity contribution in [3.05, 3.63) is 29.7 Å². The fourth-order valence-electron chi connectivity index (χ4n) is 3.39. The second-order valence-corrected chi connectivity index (χ2v) is 6.72. The number of rotatable bonds is 6. The normalized spacial score (nSPS) is 15.7. The first kappa shape index (κ1) is 18.3. The van der Waals surface area contributed by atoms with Crippen LogP contribution in [0.2, 0.25) is 0 Å². The van der Waals surface area contributed by atoms with E-state index in [1.165, 1.54) is 0 Å². The standard InChI is InChI=1S/C18H26N6O2/c1-3-22(4-2)11-13-9-20-17-15(10-21-24(17)12-13)18(26)23-7-5-14(6-8-23)16(19)25/h9-10,12,14H,3-8,11H2,1-2H3,(H2,19,25). The van der Waals surface area contributed by atoms with Crippen molar-refractivity contribution >= 4 is 17.5 Å². The smallest absolute Gasteiger partial charge is 0.259 e. The van der Waals surface area contributed by atoms with Gasteiger partial charge in [0.25, 0.3) is 5.91 Å². The summed E-state index contributed by atoms with van der Waals surface area (Å²) in [6.45, 7) is 8.06. The van der Waals surface area contributed by atoms with Crippen LogP contribution in [0.15, 0.2) is 18.6 Å². The maximum atomic E-state index is 12.8. The molecule has 8 heteroatoms. The van der Waals surface area contributed by atoms with E-state index in [-0.39, 0.29) is 17.7 Å². The lowest BCUT2D eigenvalue weighted by molar-refractivity contribution is -0.123. The molecule has 0 atom stereocenters. The highest BCUT2D eigenvalue weighted by Crippen LogP contribution is 2.20. The van der Waals surface area contributed by atoms with Crippen LogP contribution in [-0.2, 0) is 11.3 Å². The summed E-state index contributed by atoms with van der Waals surface area (Å²) < 4.78 is 1.67. The van der Waals surface area contributed by atoms with Gasteiger partial charge < -0.3 is 10.6 Å². The Labute approximate surface area is 153 Å². The number of likely N-dealkylation sites (tertiary alicyclic amines) is 1. The maximum Gasteiger partial charge on any atom is 0.259 e. The van der Waals surface area contributed by atoms with Crippen LogP contribution in [0.4, 0.5) is 0 Å². The molecule has 1 aliphatic heterocycles. The van der Waals surface area contributed by atoms with Crippen molar-refractivity contribution in [2.45, 2.75) is 33.2 Å². The van der Waals surface area contributed by atoms with Crippen LogP contribution in [0.3, 0.4) is 0 Å². The van der Waals surface area contributed by atoms with Crippen molar-refractivity contribution in [2.24, 2.45) is 11.7 Å². The van der Waals surface area contributed by atoms with Crippen LogP contribution in [0, 0.1) is 5.92 Å². The summed E-state index contributed by atoms with van der Waals surface area (Å²) in [6.07, 6.45) is 6.54. The molecule has 8 nitrogen and oxygen atoms in total. The Morgan fingerprint density at radius 3 is 2.54 bits per heavy atom. The van der Waals surface area contributed by atoms with E-state index in [4.69, 9.17) is 5.73 Å². The lowest BCUT2D eigenvalue weighted by Crippen LogP contribution is -2.41. The van der Waals surface area contributed by atoms with Gasteiger partial charge in [-0.05, 0) is 25.9 Å². The van der Waals surface area contributed by atoms with Gasteiger partial charge in [0.15, 0.2) is 5.65 Å². The summed E-state index contributed by atoms with van der Waals surface area (Å²) in [5.74, 6) is -0.508. The Morgan fingerprint density at radius 1 is 1.23 bits per heavy atom. The number of carbonyl (C=O) groups is 2. The predicted octanol–water partition coefficient (Wildman–Crippen LogP) is 0.909. The number of nitrogens with zero attached hydrogens (tertiary/aromatic N) is 5. The van der Waals surface area contributed by atoms with E-state index >= 15 is 0 Å². The fraction of sp³-hybridized carbons (Fsp3) is 0.556. The SMILES string of the molecule is CCN(CC)Cc1cnc2c(C(=O)N3CCC(C(N)=O)CC3)cnn2c1. The summed E-state index contributed by atoms with van der Waals surface area (Å²) in [5.41, 5.74) is 7.48. The lowest BCUT2D eigenvalue weighted by Gasteiger charge is -2.30. The quantitative estimate of drug-likeness (QED) is 0.828. The number of hydrogen-bond acceptors (Lipinski definition) is 5. The van der Waals surface area contributed by atoms with E-state index in [0.29, 0.717) is 37.1 Å². The fourth-order valence-corrected chi connectivity index (χ4v) is 3.39.